The summed E-state index contributed by atoms with van der Waals surface area (Å²) in [4.78, 5) is 14.6. The number of hydrogen-bond acceptors (Lipinski definition) is 4. The van der Waals surface area contributed by atoms with Gasteiger partial charge in [-0.05, 0) is 36.6 Å². The van der Waals surface area contributed by atoms with Gasteiger partial charge in [0.1, 0.15) is 5.82 Å². The van der Waals surface area contributed by atoms with Crippen LogP contribution in [0, 0.1) is 5.82 Å². The van der Waals surface area contributed by atoms with Crippen LogP contribution in [-0.4, -0.2) is 32.6 Å². The molecule has 0 bridgehead atoms. The van der Waals surface area contributed by atoms with Crippen molar-refractivity contribution in [1.29, 1.82) is 0 Å². The van der Waals surface area contributed by atoms with Crippen LogP contribution in [0.1, 0.15) is 30.1 Å². The third-order valence-corrected chi connectivity index (χ3v) is 4.73. The molecule has 3 aromatic rings. The van der Waals surface area contributed by atoms with Gasteiger partial charge in [0.15, 0.2) is 5.82 Å². The first-order valence-electron chi connectivity index (χ1n) is 8.55. The standard InChI is InChI=1S/C19H20FN5/c20-17-12-22-8-5-18(17)24-10-1-2-16(14-24)19-23-9-11-25(19)13-15-3-6-21-7-4-15/h3-9,11-12,16H,1-2,10,13-14H2/t16-/m1/s1. The molecule has 0 amide bonds. The molecule has 0 spiro atoms. The minimum Gasteiger partial charge on any atom is -0.368 e. The highest BCUT2D eigenvalue weighted by Gasteiger charge is 2.26. The molecular formula is C19H20FN5. The average Bonchev–Trinajstić information content (AvgIpc) is 3.11. The molecule has 0 aliphatic carbocycles. The van der Waals surface area contributed by atoms with Crippen molar-refractivity contribution >= 4 is 5.69 Å². The molecule has 4 heterocycles. The minimum absolute atomic E-state index is 0.261. The first-order valence-corrected chi connectivity index (χ1v) is 8.55. The Morgan fingerprint density at radius 2 is 1.92 bits per heavy atom. The minimum atomic E-state index is -0.261. The van der Waals surface area contributed by atoms with E-state index in [4.69, 9.17) is 0 Å². The molecule has 1 aliphatic rings. The molecule has 0 unspecified atom stereocenters. The third kappa shape index (κ3) is 3.38. The maximum absolute atomic E-state index is 14.1. The van der Waals surface area contributed by atoms with E-state index in [2.05, 4.69) is 24.4 Å². The van der Waals surface area contributed by atoms with E-state index in [1.54, 1.807) is 24.7 Å². The summed E-state index contributed by atoms with van der Waals surface area (Å²) in [5.41, 5.74) is 1.83. The molecule has 0 saturated carbocycles. The lowest BCUT2D eigenvalue weighted by Crippen LogP contribution is -2.36. The Hall–Kier alpha value is -2.76. The zero-order valence-electron chi connectivity index (χ0n) is 13.9. The highest BCUT2D eigenvalue weighted by atomic mass is 19.1. The topological polar surface area (TPSA) is 46.8 Å². The first-order chi connectivity index (χ1) is 12.3. The van der Waals surface area contributed by atoms with Gasteiger partial charge in [-0.25, -0.2) is 9.37 Å². The number of halogens is 1. The zero-order chi connectivity index (χ0) is 17.1. The summed E-state index contributed by atoms with van der Waals surface area (Å²) in [7, 11) is 0. The lowest BCUT2D eigenvalue weighted by Gasteiger charge is -2.34. The van der Waals surface area contributed by atoms with Crippen LogP contribution in [-0.2, 0) is 6.54 Å². The van der Waals surface area contributed by atoms with E-state index in [0.29, 0.717) is 5.69 Å². The number of hydrogen-bond donors (Lipinski definition) is 0. The van der Waals surface area contributed by atoms with Crippen LogP contribution in [0.25, 0.3) is 0 Å². The Balaban J connectivity index is 1.54. The van der Waals surface area contributed by atoms with Gasteiger partial charge in [0.05, 0.1) is 11.9 Å². The smallest absolute Gasteiger partial charge is 0.164 e. The number of imidazole rings is 1. The lowest BCUT2D eigenvalue weighted by atomic mass is 9.96. The molecule has 25 heavy (non-hydrogen) atoms. The van der Waals surface area contributed by atoms with Crippen molar-refractivity contribution in [2.75, 3.05) is 18.0 Å². The van der Waals surface area contributed by atoms with Crippen LogP contribution in [0.3, 0.4) is 0 Å². The molecule has 0 N–H and O–H groups in total. The maximum Gasteiger partial charge on any atom is 0.164 e. The van der Waals surface area contributed by atoms with Gasteiger partial charge in [-0.2, -0.15) is 0 Å². The maximum atomic E-state index is 14.1. The van der Waals surface area contributed by atoms with Gasteiger partial charge in [0.2, 0.25) is 0 Å². The van der Waals surface area contributed by atoms with Crippen LogP contribution >= 0.6 is 0 Å². The van der Waals surface area contributed by atoms with Crippen LogP contribution in [0.5, 0.6) is 0 Å². The Bertz CT molecular complexity index is 833. The van der Waals surface area contributed by atoms with E-state index in [0.717, 1.165) is 38.3 Å². The molecule has 1 fully saturated rings. The summed E-state index contributed by atoms with van der Waals surface area (Å²) >= 11 is 0. The van der Waals surface area contributed by atoms with Crippen LogP contribution < -0.4 is 4.90 Å². The molecule has 5 nitrogen and oxygen atoms in total. The predicted octanol–water partition coefficient (Wildman–Crippen LogP) is 3.24. The highest BCUT2D eigenvalue weighted by molar-refractivity contribution is 5.47. The summed E-state index contributed by atoms with van der Waals surface area (Å²) in [5, 5.41) is 0. The molecule has 128 valence electrons. The normalized spacial score (nSPS) is 17.6. The van der Waals surface area contributed by atoms with Crippen LogP contribution in [0.2, 0.25) is 0 Å². The summed E-state index contributed by atoms with van der Waals surface area (Å²) in [5.74, 6) is 1.09. The van der Waals surface area contributed by atoms with E-state index < -0.39 is 0 Å². The lowest BCUT2D eigenvalue weighted by molar-refractivity contribution is 0.470. The number of rotatable bonds is 4. The van der Waals surface area contributed by atoms with E-state index in [1.807, 2.05) is 24.5 Å². The molecule has 4 rings (SSSR count). The second kappa shape index (κ2) is 7.01. The highest BCUT2D eigenvalue weighted by Crippen LogP contribution is 2.30. The molecule has 1 atom stereocenters. The molecule has 3 aromatic heterocycles. The second-order valence-corrected chi connectivity index (χ2v) is 6.38. The van der Waals surface area contributed by atoms with Crippen molar-refractivity contribution in [1.82, 2.24) is 19.5 Å². The summed E-state index contributed by atoms with van der Waals surface area (Å²) in [6, 6.07) is 5.79. The fraction of sp³-hybridized carbons (Fsp3) is 0.316. The van der Waals surface area contributed by atoms with Crippen molar-refractivity contribution in [2.45, 2.75) is 25.3 Å². The summed E-state index contributed by atoms with van der Waals surface area (Å²) < 4.78 is 16.3. The quantitative estimate of drug-likeness (QED) is 0.733. The fourth-order valence-electron chi connectivity index (χ4n) is 3.53. The van der Waals surface area contributed by atoms with E-state index in [1.165, 1.54) is 11.8 Å². The number of pyridine rings is 2. The zero-order valence-corrected chi connectivity index (χ0v) is 13.9. The van der Waals surface area contributed by atoms with E-state index in [9.17, 15) is 4.39 Å². The number of anilines is 1. The molecule has 6 heteroatoms. The number of nitrogens with zero attached hydrogens (tertiary/aromatic N) is 5. The number of aromatic nitrogens is 4. The van der Waals surface area contributed by atoms with Crippen LogP contribution in [0.4, 0.5) is 10.1 Å². The van der Waals surface area contributed by atoms with Crippen molar-refractivity contribution in [2.24, 2.45) is 0 Å². The summed E-state index contributed by atoms with van der Waals surface area (Å²) in [6.07, 6.45) is 12.5. The molecular weight excluding hydrogens is 317 g/mol. The van der Waals surface area contributed by atoms with E-state index in [-0.39, 0.29) is 11.7 Å². The number of piperidine rings is 1. The van der Waals surface area contributed by atoms with Gasteiger partial charge < -0.3 is 9.47 Å². The monoisotopic (exact) mass is 337 g/mol. The molecule has 0 radical (unpaired) electrons. The summed E-state index contributed by atoms with van der Waals surface area (Å²) in [6.45, 7) is 2.41. The Labute approximate surface area is 146 Å². The van der Waals surface area contributed by atoms with Crippen molar-refractivity contribution in [3.63, 3.8) is 0 Å². The van der Waals surface area contributed by atoms with Crippen molar-refractivity contribution in [3.8, 4) is 0 Å². The van der Waals surface area contributed by atoms with E-state index >= 15 is 0 Å². The second-order valence-electron chi connectivity index (χ2n) is 6.38. The van der Waals surface area contributed by atoms with Crippen LogP contribution in [0.15, 0.2) is 55.4 Å². The molecule has 0 aromatic carbocycles. The van der Waals surface area contributed by atoms with Gasteiger partial charge in [-0.1, -0.05) is 0 Å². The SMILES string of the molecule is Fc1cnccc1N1CCC[C@@H](c2nccn2Cc2ccncc2)C1. The van der Waals surface area contributed by atoms with Gasteiger partial charge in [0.25, 0.3) is 0 Å². The largest absolute Gasteiger partial charge is 0.368 e. The molecule has 1 aliphatic heterocycles. The first kappa shape index (κ1) is 15.7. The Morgan fingerprint density at radius 3 is 2.76 bits per heavy atom. The Morgan fingerprint density at radius 1 is 1.08 bits per heavy atom. The third-order valence-electron chi connectivity index (χ3n) is 4.73. The average molecular weight is 337 g/mol. The van der Waals surface area contributed by atoms with Crippen molar-refractivity contribution in [3.05, 3.63) is 72.6 Å². The van der Waals surface area contributed by atoms with Gasteiger partial charge in [-0.3, -0.25) is 9.97 Å². The van der Waals surface area contributed by atoms with Crippen molar-refractivity contribution < 1.29 is 4.39 Å². The van der Waals surface area contributed by atoms with Gasteiger partial charge >= 0.3 is 0 Å². The Kier molecular flexibility index (Phi) is 4.41. The molecule has 1 saturated heterocycles. The predicted molar refractivity (Wildman–Crippen MR) is 93.9 cm³/mol. The van der Waals surface area contributed by atoms with Gasteiger partial charge in [-0.15, -0.1) is 0 Å². The fourth-order valence-corrected chi connectivity index (χ4v) is 3.53. The van der Waals surface area contributed by atoms with Gasteiger partial charge in [0, 0.05) is 56.5 Å².